The number of allylic oxidation sites excluding steroid dienone is 1. The maximum absolute atomic E-state index is 6.25. The van der Waals surface area contributed by atoms with Crippen LogP contribution in [0.4, 0.5) is 0 Å². The molecule has 0 N–H and O–H groups in total. The van der Waals surface area contributed by atoms with Gasteiger partial charge in [-0.25, -0.2) is 9.97 Å². The Morgan fingerprint density at radius 3 is 2.96 bits per heavy atom. The normalized spacial score (nSPS) is 15.7. The lowest BCUT2D eigenvalue weighted by atomic mass is 10.1. The first kappa shape index (κ1) is 15.4. The third-order valence-corrected chi connectivity index (χ3v) is 4.88. The largest absolute Gasteiger partial charge is 0.320 e. The Bertz CT molecular complexity index is 927. The molecule has 0 atom stereocenters. The molecule has 0 amide bonds. The molecule has 0 saturated carbocycles. The second kappa shape index (κ2) is 6.04. The van der Waals surface area contributed by atoms with Crippen molar-refractivity contribution >= 4 is 34.3 Å². The molecule has 0 bridgehead atoms. The van der Waals surface area contributed by atoms with Gasteiger partial charge in [-0.15, -0.1) is 0 Å². The van der Waals surface area contributed by atoms with E-state index in [4.69, 9.17) is 11.6 Å². The van der Waals surface area contributed by atoms with Crippen LogP contribution in [0, 0.1) is 0 Å². The summed E-state index contributed by atoms with van der Waals surface area (Å²) >= 11 is 6.25. The van der Waals surface area contributed by atoms with E-state index < -0.39 is 0 Å². The third kappa shape index (κ3) is 2.62. The molecular weight excluding hydrogens is 320 g/mol. The minimum atomic E-state index is 0.784. The molecule has 0 saturated heterocycles. The highest BCUT2D eigenvalue weighted by Gasteiger charge is 2.22. The van der Waals surface area contributed by atoms with E-state index in [1.165, 1.54) is 22.2 Å². The molecule has 122 valence electrons. The molecular formula is C19H19ClN4. The van der Waals surface area contributed by atoms with Crippen molar-refractivity contribution in [1.82, 2.24) is 19.4 Å². The van der Waals surface area contributed by atoms with E-state index in [9.17, 15) is 0 Å². The fourth-order valence-electron chi connectivity index (χ4n) is 3.43. The van der Waals surface area contributed by atoms with Crippen molar-refractivity contribution in [1.29, 1.82) is 0 Å². The second-order valence-electron chi connectivity index (χ2n) is 6.35. The first-order valence-corrected chi connectivity index (χ1v) is 8.46. The van der Waals surface area contributed by atoms with E-state index >= 15 is 0 Å². The van der Waals surface area contributed by atoms with E-state index in [-0.39, 0.29) is 0 Å². The summed E-state index contributed by atoms with van der Waals surface area (Å²) in [6, 6.07) is 8.09. The molecule has 4 nitrogen and oxygen atoms in total. The van der Waals surface area contributed by atoms with Gasteiger partial charge in [0.2, 0.25) is 0 Å². The van der Waals surface area contributed by atoms with Gasteiger partial charge in [0, 0.05) is 48.0 Å². The number of aromatic nitrogens is 3. The van der Waals surface area contributed by atoms with Crippen LogP contribution in [0.25, 0.3) is 22.7 Å². The van der Waals surface area contributed by atoms with Crippen molar-refractivity contribution in [3.63, 3.8) is 0 Å². The van der Waals surface area contributed by atoms with Gasteiger partial charge in [0.05, 0.1) is 11.2 Å². The van der Waals surface area contributed by atoms with E-state index in [2.05, 4.69) is 51.7 Å². The van der Waals surface area contributed by atoms with Crippen LogP contribution in [0.3, 0.4) is 0 Å². The van der Waals surface area contributed by atoms with Crippen molar-refractivity contribution in [3.05, 3.63) is 58.8 Å². The Hall–Kier alpha value is -2.17. The summed E-state index contributed by atoms with van der Waals surface area (Å²) < 4.78 is 2.31. The molecule has 3 aromatic rings. The molecule has 0 unspecified atom stereocenters. The number of halogens is 1. The Balaban J connectivity index is 1.92. The zero-order chi connectivity index (χ0) is 16.7. The Morgan fingerprint density at radius 1 is 1.29 bits per heavy atom. The van der Waals surface area contributed by atoms with Crippen molar-refractivity contribution < 1.29 is 0 Å². The molecule has 2 aromatic heterocycles. The highest BCUT2D eigenvalue weighted by atomic mass is 35.5. The lowest BCUT2D eigenvalue weighted by Crippen LogP contribution is -2.26. The SMILES string of the molecule is C/C(=C\n1c2c(c3cc(Cl)ccc31)CN(C)CC2)c1ccncn1. The molecule has 1 aliphatic rings. The second-order valence-corrected chi connectivity index (χ2v) is 6.79. The molecule has 4 rings (SSSR count). The maximum Gasteiger partial charge on any atom is 0.116 e. The van der Waals surface area contributed by atoms with Crippen molar-refractivity contribution in [2.75, 3.05) is 13.6 Å². The van der Waals surface area contributed by atoms with E-state index in [1.54, 1.807) is 12.5 Å². The van der Waals surface area contributed by atoms with Gasteiger partial charge < -0.3 is 9.47 Å². The zero-order valence-corrected chi connectivity index (χ0v) is 14.6. The molecule has 3 heterocycles. The molecule has 1 aromatic carbocycles. The number of likely N-dealkylation sites (N-methyl/N-ethyl adjacent to an activating group) is 1. The Morgan fingerprint density at radius 2 is 2.17 bits per heavy atom. The molecule has 0 aliphatic carbocycles. The van der Waals surface area contributed by atoms with Gasteiger partial charge in [0.1, 0.15) is 6.33 Å². The lowest BCUT2D eigenvalue weighted by Gasteiger charge is -2.23. The molecule has 0 fully saturated rings. The summed E-state index contributed by atoms with van der Waals surface area (Å²) in [6.45, 7) is 4.11. The van der Waals surface area contributed by atoms with E-state index in [1.807, 2.05) is 12.1 Å². The number of rotatable bonds is 2. The maximum atomic E-state index is 6.25. The summed E-state index contributed by atoms with van der Waals surface area (Å²) in [5.74, 6) is 0. The fraction of sp³-hybridized carbons (Fsp3) is 0.263. The predicted octanol–water partition coefficient (Wildman–Crippen LogP) is 4.09. The van der Waals surface area contributed by atoms with Gasteiger partial charge in [-0.3, -0.25) is 0 Å². The van der Waals surface area contributed by atoms with Crippen molar-refractivity contribution in [2.24, 2.45) is 0 Å². The fourth-order valence-corrected chi connectivity index (χ4v) is 3.60. The average Bonchev–Trinajstić information content (AvgIpc) is 2.88. The standard InChI is InChI=1S/C19H19ClN4/c1-13(17-5-7-21-12-22-17)10-24-18-4-3-14(20)9-15(18)16-11-23(2)8-6-19(16)24/h3-5,7,9-10,12H,6,8,11H2,1-2H3/b13-10+. The minimum absolute atomic E-state index is 0.784. The van der Waals surface area contributed by atoms with Crippen LogP contribution in [0.15, 0.2) is 36.8 Å². The van der Waals surface area contributed by atoms with Gasteiger partial charge in [0.15, 0.2) is 0 Å². The van der Waals surface area contributed by atoms with E-state index in [0.717, 1.165) is 35.8 Å². The van der Waals surface area contributed by atoms with Crippen molar-refractivity contribution in [2.45, 2.75) is 19.9 Å². The van der Waals surface area contributed by atoms with Gasteiger partial charge >= 0.3 is 0 Å². The summed E-state index contributed by atoms with van der Waals surface area (Å²) in [7, 11) is 2.17. The van der Waals surface area contributed by atoms with E-state index in [0.29, 0.717) is 0 Å². The first-order valence-electron chi connectivity index (χ1n) is 8.08. The number of hydrogen-bond acceptors (Lipinski definition) is 3. The molecule has 5 heteroatoms. The van der Waals surface area contributed by atoms with Crippen LogP contribution in [0.2, 0.25) is 5.02 Å². The van der Waals surface area contributed by atoms with Crippen LogP contribution in [-0.4, -0.2) is 33.0 Å². The van der Waals surface area contributed by atoms with Gasteiger partial charge in [0.25, 0.3) is 0 Å². The molecule has 1 aliphatic heterocycles. The van der Waals surface area contributed by atoms with Crippen LogP contribution >= 0.6 is 11.6 Å². The van der Waals surface area contributed by atoms with Crippen molar-refractivity contribution in [3.8, 4) is 0 Å². The molecule has 24 heavy (non-hydrogen) atoms. The van der Waals surface area contributed by atoms with Gasteiger partial charge in [-0.05, 0) is 49.4 Å². The summed E-state index contributed by atoms with van der Waals surface area (Å²) in [4.78, 5) is 10.7. The zero-order valence-electron chi connectivity index (χ0n) is 13.8. The van der Waals surface area contributed by atoms with Crippen LogP contribution in [0.1, 0.15) is 23.9 Å². The number of hydrogen-bond donors (Lipinski definition) is 0. The van der Waals surface area contributed by atoms with Gasteiger partial charge in [-0.2, -0.15) is 0 Å². The lowest BCUT2D eigenvalue weighted by molar-refractivity contribution is 0.312. The quantitative estimate of drug-likeness (QED) is 0.705. The highest BCUT2D eigenvalue weighted by molar-refractivity contribution is 6.31. The van der Waals surface area contributed by atoms with Crippen LogP contribution < -0.4 is 0 Å². The molecule has 0 radical (unpaired) electrons. The smallest absolute Gasteiger partial charge is 0.116 e. The van der Waals surface area contributed by atoms with Crippen LogP contribution in [0.5, 0.6) is 0 Å². The molecule has 0 spiro atoms. The highest BCUT2D eigenvalue weighted by Crippen LogP contribution is 2.33. The average molecular weight is 339 g/mol. The van der Waals surface area contributed by atoms with Crippen LogP contribution in [-0.2, 0) is 13.0 Å². The summed E-state index contributed by atoms with van der Waals surface area (Å²) in [6.07, 6.45) is 6.58. The first-order chi connectivity index (χ1) is 11.6. The number of benzene rings is 1. The Labute approximate surface area is 146 Å². The Kier molecular flexibility index (Phi) is 3.87. The third-order valence-electron chi connectivity index (χ3n) is 4.65. The predicted molar refractivity (Wildman–Crippen MR) is 98.9 cm³/mol. The monoisotopic (exact) mass is 338 g/mol. The number of fused-ring (bicyclic) bond motifs is 3. The summed E-state index contributed by atoms with van der Waals surface area (Å²) in [5, 5.41) is 2.03. The minimum Gasteiger partial charge on any atom is -0.320 e. The van der Waals surface area contributed by atoms with Gasteiger partial charge in [-0.1, -0.05) is 11.6 Å². The number of nitrogens with zero attached hydrogens (tertiary/aromatic N) is 4. The topological polar surface area (TPSA) is 34.0 Å². The summed E-state index contributed by atoms with van der Waals surface area (Å²) in [5.41, 5.74) is 6.02.